The van der Waals surface area contributed by atoms with Gasteiger partial charge in [0, 0.05) is 65.7 Å². The lowest BCUT2D eigenvalue weighted by Crippen LogP contribution is -2.26. The number of para-hydroxylation sites is 2. The van der Waals surface area contributed by atoms with Crippen molar-refractivity contribution in [2.24, 2.45) is 0 Å². The first kappa shape index (κ1) is 50.8. The molecule has 2 aromatic heterocycles. The van der Waals surface area contributed by atoms with E-state index in [1.807, 2.05) is 0 Å². The van der Waals surface area contributed by atoms with Crippen molar-refractivity contribution in [3.8, 4) is 44.5 Å². The second-order valence-corrected chi connectivity index (χ2v) is 25.3. The zero-order valence-electron chi connectivity index (χ0n) is 48.6. The number of fused-ring (bicyclic) bond motifs is 20. The molecule has 0 fully saturated rings. The van der Waals surface area contributed by atoms with E-state index < -0.39 is 0 Å². The van der Waals surface area contributed by atoms with E-state index in [2.05, 4.69) is 234 Å². The zero-order chi connectivity index (χ0) is 55.5. The number of unbranched alkanes of at least 4 members (excludes halogenated alkanes) is 8. The lowest BCUT2D eigenvalue weighted by Gasteiger charge is -2.35. The molecule has 2 heterocycles. The van der Waals surface area contributed by atoms with Crippen LogP contribution in [0.15, 0.2) is 197 Å². The Morgan fingerprint density at radius 2 is 0.902 bits per heavy atom. The van der Waals surface area contributed by atoms with E-state index in [0.29, 0.717) is 0 Å². The number of benzene rings is 10. The predicted molar refractivity (Wildman–Crippen MR) is 347 cm³/mol. The van der Waals surface area contributed by atoms with Gasteiger partial charge in [0.05, 0.1) is 5.69 Å². The number of nitrogens with zero attached hydrogens (tertiary/aromatic N) is 1. The van der Waals surface area contributed by atoms with Gasteiger partial charge in [-0.25, -0.2) is 0 Å². The summed E-state index contributed by atoms with van der Waals surface area (Å²) in [7, 11) is 0. The van der Waals surface area contributed by atoms with Gasteiger partial charge in [-0.2, -0.15) is 0 Å². The predicted octanol–water partition coefficient (Wildman–Crippen LogP) is 23.4. The molecule has 406 valence electrons. The van der Waals surface area contributed by atoms with Crippen LogP contribution in [-0.4, -0.2) is 0 Å². The van der Waals surface area contributed by atoms with Crippen LogP contribution in [0.2, 0.25) is 0 Å². The van der Waals surface area contributed by atoms with Crippen molar-refractivity contribution >= 4 is 71.7 Å². The first-order chi connectivity index (χ1) is 40.1. The van der Waals surface area contributed by atoms with Crippen molar-refractivity contribution in [2.75, 3.05) is 4.90 Å². The van der Waals surface area contributed by atoms with Gasteiger partial charge in [-0.05, 0) is 134 Å². The molecule has 15 rings (SSSR count). The van der Waals surface area contributed by atoms with Crippen LogP contribution in [-0.2, 0) is 16.2 Å². The summed E-state index contributed by atoms with van der Waals surface area (Å²) >= 11 is 0. The maximum Gasteiger partial charge on any atom is 0.144 e. The fourth-order valence-electron chi connectivity index (χ4n) is 16.0. The molecule has 3 nitrogen and oxygen atoms in total. The molecule has 0 saturated heterocycles. The van der Waals surface area contributed by atoms with Gasteiger partial charge in [0.15, 0.2) is 0 Å². The van der Waals surface area contributed by atoms with Gasteiger partial charge in [0.2, 0.25) is 0 Å². The van der Waals surface area contributed by atoms with Crippen LogP contribution in [0.25, 0.3) is 99.2 Å². The Labute approximate surface area is 483 Å². The smallest absolute Gasteiger partial charge is 0.144 e. The van der Waals surface area contributed by atoms with Crippen LogP contribution in [0.1, 0.15) is 152 Å². The molecule has 0 bridgehead atoms. The van der Waals surface area contributed by atoms with E-state index in [1.54, 1.807) is 0 Å². The van der Waals surface area contributed by atoms with Crippen molar-refractivity contribution in [3.05, 3.63) is 221 Å². The third-order valence-electron chi connectivity index (χ3n) is 19.9. The molecule has 10 aromatic carbocycles. The maximum atomic E-state index is 7.09. The summed E-state index contributed by atoms with van der Waals surface area (Å²) in [6.07, 6.45) is 14.6. The molecule has 0 N–H and O–H groups in total. The minimum atomic E-state index is -0.347. The zero-order valence-corrected chi connectivity index (χ0v) is 48.6. The Balaban J connectivity index is 0.982. The van der Waals surface area contributed by atoms with Gasteiger partial charge < -0.3 is 13.7 Å². The van der Waals surface area contributed by atoms with E-state index in [4.69, 9.17) is 8.83 Å². The summed E-state index contributed by atoms with van der Waals surface area (Å²) in [4.78, 5) is 2.61. The van der Waals surface area contributed by atoms with Crippen molar-refractivity contribution < 1.29 is 8.83 Å². The van der Waals surface area contributed by atoms with Gasteiger partial charge in [-0.15, -0.1) is 0 Å². The number of anilines is 3. The number of furan rings is 2. The quantitative estimate of drug-likeness (QED) is 0.0903. The van der Waals surface area contributed by atoms with E-state index in [-0.39, 0.29) is 16.2 Å². The molecule has 82 heavy (non-hydrogen) atoms. The summed E-state index contributed by atoms with van der Waals surface area (Å²) in [5.74, 6) is 0. The molecule has 0 aliphatic heterocycles. The van der Waals surface area contributed by atoms with Crippen LogP contribution in [0.3, 0.4) is 0 Å². The normalized spacial score (nSPS) is 14.9. The van der Waals surface area contributed by atoms with Gasteiger partial charge in [-0.3, -0.25) is 0 Å². The maximum absolute atomic E-state index is 7.09. The second kappa shape index (κ2) is 19.5. The van der Waals surface area contributed by atoms with Gasteiger partial charge in [0.25, 0.3) is 0 Å². The van der Waals surface area contributed by atoms with Crippen LogP contribution in [0.5, 0.6) is 0 Å². The average molecular weight is 1070 g/mol. The summed E-state index contributed by atoms with van der Waals surface area (Å²) in [6, 6.07) is 71.1. The van der Waals surface area contributed by atoms with Crippen LogP contribution < -0.4 is 4.90 Å². The highest BCUT2D eigenvalue weighted by Crippen LogP contribution is 2.65. The monoisotopic (exact) mass is 1070 g/mol. The summed E-state index contributed by atoms with van der Waals surface area (Å²) < 4.78 is 14.2. The van der Waals surface area contributed by atoms with E-state index >= 15 is 0 Å². The van der Waals surface area contributed by atoms with Crippen molar-refractivity contribution in [1.29, 1.82) is 0 Å². The Morgan fingerprint density at radius 1 is 0.378 bits per heavy atom. The van der Waals surface area contributed by atoms with Crippen molar-refractivity contribution in [2.45, 2.75) is 135 Å². The molecule has 0 saturated carbocycles. The Hall–Kier alpha value is -8.14. The molecule has 3 aliphatic carbocycles. The molecule has 3 heteroatoms. The summed E-state index contributed by atoms with van der Waals surface area (Å²) in [5.41, 5.74) is 25.4. The third kappa shape index (κ3) is 7.46. The molecule has 0 spiro atoms. The fraction of sp³-hybridized carbons (Fsp3) is 0.266. The van der Waals surface area contributed by atoms with Gasteiger partial charge >= 0.3 is 0 Å². The largest absolute Gasteiger partial charge is 0.455 e. The minimum Gasteiger partial charge on any atom is -0.455 e. The molecule has 0 atom stereocenters. The fourth-order valence-corrected chi connectivity index (χ4v) is 16.0. The molecule has 3 aliphatic rings. The second-order valence-electron chi connectivity index (χ2n) is 25.3. The van der Waals surface area contributed by atoms with E-state index in [1.165, 1.54) is 191 Å². The van der Waals surface area contributed by atoms with Crippen molar-refractivity contribution in [3.63, 3.8) is 0 Å². The summed E-state index contributed by atoms with van der Waals surface area (Å²) in [6.45, 7) is 14.5. The SMILES string of the molecule is CCCCCCCC1(CCCCCCC)c2cc(N(c3ccc4c(c3)C(C)(C)c3c5c(c6oc7ccccc7c6c3-4)-c3ccccc3C5(C)C)c3cccc4ccccc34)ccc2-c2c1cc(-c1ccccc1)c1oc3ccccc3c21. The molecule has 0 unspecified atom stereocenters. The average Bonchev–Trinajstić information content (AvgIpc) is 3.80. The Morgan fingerprint density at radius 3 is 1.60 bits per heavy atom. The van der Waals surface area contributed by atoms with Crippen LogP contribution >= 0.6 is 0 Å². The highest BCUT2D eigenvalue weighted by molar-refractivity contribution is 6.22. The van der Waals surface area contributed by atoms with Crippen LogP contribution in [0, 0.1) is 0 Å². The highest BCUT2D eigenvalue weighted by Gasteiger charge is 2.49. The van der Waals surface area contributed by atoms with Gasteiger partial charge in [-0.1, -0.05) is 245 Å². The van der Waals surface area contributed by atoms with Gasteiger partial charge in [0.1, 0.15) is 22.3 Å². The third-order valence-corrected chi connectivity index (χ3v) is 19.9. The molecule has 0 amide bonds. The standard InChI is InChI=1S/C79H73NO2/c1-7-9-11-13-26-45-79(46-27-14-12-10-8-2)63-48-53(42-44-57(63)68-64(79)49-60(51-29-16-15-17-30-51)75-70(68)58-35-21-24-39-66(58)81-75)80(65-38-28-32-50-31-18-19-33-54(50)65)52-41-43-56-62(47-52)78(5,6)73-69(56)71-59-36-22-25-40-67(59)82-76(71)72-55-34-20-23-37-61(55)77(3,4)74(72)73/h15-25,28-44,47-49H,7-14,26-27,45-46H2,1-6H3. The lowest BCUT2D eigenvalue weighted by molar-refractivity contribution is 0.399. The molecular weight excluding hydrogens is 995 g/mol. The Bertz CT molecular complexity index is 4480. The molecule has 0 radical (unpaired) electrons. The lowest BCUT2D eigenvalue weighted by atomic mass is 9.70. The summed E-state index contributed by atoms with van der Waals surface area (Å²) in [5, 5.41) is 7.33. The Kier molecular flexibility index (Phi) is 12.1. The van der Waals surface area contributed by atoms with E-state index in [0.717, 1.165) is 35.2 Å². The van der Waals surface area contributed by atoms with E-state index in [9.17, 15) is 0 Å². The topological polar surface area (TPSA) is 29.5 Å². The minimum absolute atomic E-state index is 0.218. The highest BCUT2D eigenvalue weighted by atomic mass is 16.3. The van der Waals surface area contributed by atoms with Crippen molar-refractivity contribution in [1.82, 2.24) is 0 Å². The number of hydrogen-bond donors (Lipinski definition) is 0. The molecule has 12 aromatic rings. The first-order valence-corrected chi connectivity index (χ1v) is 30.9. The van der Waals surface area contributed by atoms with Crippen LogP contribution in [0.4, 0.5) is 17.1 Å². The number of rotatable bonds is 16. The number of hydrogen-bond acceptors (Lipinski definition) is 3. The molecular formula is C79H73NO2. The first-order valence-electron chi connectivity index (χ1n) is 30.9.